The first kappa shape index (κ1) is 25.2. The third-order valence-corrected chi connectivity index (χ3v) is 7.59. The molecule has 6 aliphatic carbocycles. The Labute approximate surface area is 195 Å². The Morgan fingerprint density at radius 1 is 0.727 bits per heavy atom. The second-order valence-electron chi connectivity index (χ2n) is 9.57. The summed E-state index contributed by atoms with van der Waals surface area (Å²) >= 11 is 0. The average Bonchev–Trinajstić information content (AvgIpc) is 2.80. The van der Waals surface area contributed by atoms with Crippen LogP contribution >= 0.6 is 0 Å². The average molecular weight is 461 g/mol. The molecule has 0 amide bonds. The molecule has 7 heteroatoms. The van der Waals surface area contributed by atoms with Crippen LogP contribution in [0.5, 0.6) is 0 Å². The van der Waals surface area contributed by atoms with Gasteiger partial charge in [0.1, 0.15) is 5.78 Å². The lowest BCUT2D eigenvalue weighted by Crippen LogP contribution is -2.45. The summed E-state index contributed by atoms with van der Waals surface area (Å²) in [5.74, 6) is -1.47. The van der Waals surface area contributed by atoms with Crippen molar-refractivity contribution in [1.29, 1.82) is 0 Å². The summed E-state index contributed by atoms with van der Waals surface area (Å²) in [5, 5.41) is 9.21. The number of rotatable bonds is 7. The highest BCUT2D eigenvalue weighted by atomic mass is 16.5. The number of aliphatic carboxylic acids is 1. The number of esters is 2. The Balaban J connectivity index is 0.000000186. The SMILES string of the molecule is CCOC(=O)[C@@H]1[C@@H](C(=O)O)[C@H]2C=C[C@@H]1CC2.CCOC(=O)[C@@H]1[C@@H](CC(C)=O)[C@H]2C=C[C@@H]1CC2. The number of hydrogen-bond acceptors (Lipinski definition) is 6. The molecule has 2 saturated carbocycles. The number of hydrogen-bond donors (Lipinski definition) is 1. The van der Waals surface area contributed by atoms with Crippen LogP contribution in [0.2, 0.25) is 0 Å². The van der Waals surface area contributed by atoms with E-state index >= 15 is 0 Å². The van der Waals surface area contributed by atoms with Crippen LogP contribution in [0.25, 0.3) is 0 Å². The van der Waals surface area contributed by atoms with E-state index < -0.39 is 17.8 Å². The molecule has 0 saturated heterocycles. The Hall–Kier alpha value is -2.44. The highest BCUT2D eigenvalue weighted by molar-refractivity contribution is 5.83. The molecule has 1 N–H and O–H groups in total. The first-order valence-electron chi connectivity index (χ1n) is 12.2. The number of Topliss-reactive ketones (excluding diaryl/α,β-unsaturated/α-hetero) is 1. The zero-order chi connectivity index (χ0) is 24.1. The van der Waals surface area contributed by atoms with Crippen LogP contribution in [-0.4, -0.2) is 42.0 Å². The van der Waals surface area contributed by atoms with E-state index in [1.54, 1.807) is 13.8 Å². The fourth-order valence-corrected chi connectivity index (χ4v) is 6.19. The summed E-state index contributed by atoms with van der Waals surface area (Å²) in [6, 6.07) is 0. The number of carbonyl (C=O) groups excluding carboxylic acids is 3. The molecule has 0 heterocycles. The third kappa shape index (κ3) is 5.56. The Morgan fingerprint density at radius 2 is 1.15 bits per heavy atom. The van der Waals surface area contributed by atoms with Gasteiger partial charge >= 0.3 is 17.9 Å². The molecule has 0 unspecified atom stereocenters. The van der Waals surface area contributed by atoms with Gasteiger partial charge in [0.2, 0.25) is 0 Å². The van der Waals surface area contributed by atoms with Gasteiger partial charge in [-0.15, -0.1) is 0 Å². The Kier molecular flexibility index (Phi) is 8.49. The van der Waals surface area contributed by atoms with Gasteiger partial charge in [0.25, 0.3) is 0 Å². The number of carboxylic acids is 1. The Bertz CT molecular complexity index is 813. The summed E-state index contributed by atoms with van der Waals surface area (Å²) in [6.45, 7) is 5.90. The smallest absolute Gasteiger partial charge is 0.310 e. The van der Waals surface area contributed by atoms with Crippen molar-refractivity contribution in [2.24, 2.45) is 47.3 Å². The molecule has 8 atom stereocenters. The van der Waals surface area contributed by atoms with Gasteiger partial charge in [0, 0.05) is 6.42 Å². The van der Waals surface area contributed by atoms with E-state index in [1.165, 1.54) is 0 Å². The van der Waals surface area contributed by atoms with E-state index in [9.17, 15) is 24.3 Å². The molecule has 0 aromatic rings. The quantitative estimate of drug-likeness (QED) is 0.455. The van der Waals surface area contributed by atoms with Gasteiger partial charge in [-0.2, -0.15) is 0 Å². The predicted molar refractivity (Wildman–Crippen MR) is 121 cm³/mol. The first-order valence-corrected chi connectivity index (χ1v) is 12.2. The molecule has 2 fully saturated rings. The van der Waals surface area contributed by atoms with Crippen molar-refractivity contribution in [1.82, 2.24) is 0 Å². The maximum absolute atomic E-state index is 12.0. The molecule has 7 nitrogen and oxygen atoms in total. The van der Waals surface area contributed by atoms with Gasteiger partial charge in [-0.3, -0.25) is 14.4 Å². The van der Waals surface area contributed by atoms with E-state index in [0.29, 0.717) is 25.6 Å². The van der Waals surface area contributed by atoms with Crippen molar-refractivity contribution < 1.29 is 33.8 Å². The van der Waals surface area contributed by atoms with Crippen LogP contribution in [-0.2, 0) is 28.7 Å². The summed E-state index contributed by atoms with van der Waals surface area (Å²) in [6.07, 6.45) is 12.7. The molecule has 182 valence electrons. The maximum Gasteiger partial charge on any atom is 0.310 e. The van der Waals surface area contributed by atoms with E-state index in [2.05, 4.69) is 12.2 Å². The summed E-state index contributed by atoms with van der Waals surface area (Å²) < 4.78 is 10.1. The first-order chi connectivity index (χ1) is 15.8. The fourth-order valence-electron chi connectivity index (χ4n) is 6.19. The standard InChI is InChI=1S/C14H20O3.C12H16O4/c1-3-17-14(16)13-11-6-4-10(5-7-11)12(13)8-9(2)15;1-2-16-12(15)10-8-5-3-7(4-6-8)9(10)11(13)14/h4,6,10-13H,3,5,7-8H2,1-2H3;3,5,7-10H,2,4,6H2,1H3,(H,13,14)/t10-,11+,12-,13-;7-,8+,9-,10-/m00/s1. The predicted octanol–water partition coefficient (Wildman–Crippen LogP) is 3.82. The summed E-state index contributed by atoms with van der Waals surface area (Å²) in [7, 11) is 0. The highest BCUT2D eigenvalue weighted by Crippen LogP contribution is 2.47. The number of fused-ring (bicyclic) bond motifs is 4. The minimum Gasteiger partial charge on any atom is -0.481 e. The van der Waals surface area contributed by atoms with Crippen molar-refractivity contribution in [3.8, 4) is 0 Å². The van der Waals surface area contributed by atoms with E-state index in [0.717, 1.165) is 25.7 Å². The lowest BCUT2D eigenvalue weighted by molar-refractivity contribution is -0.163. The molecule has 33 heavy (non-hydrogen) atoms. The van der Waals surface area contributed by atoms with Gasteiger partial charge in [0.05, 0.1) is 31.0 Å². The summed E-state index contributed by atoms with van der Waals surface area (Å²) in [5.41, 5.74) is 0. The number of ether oxygens (including phenoxy) is 2. The third-order valence-electron chi connectivity index (χ3n) is 7.59. The normalized spacial score (nSPS) is 35.4. The van der Waals surface area contributed by atoms with Crippen LogP contribution in [0.4, 0.5) is 0 Å². The van der Waals surface area contributed by atoms with Crippen LogP contribution in [0.15, 0.2) is 24.3 Å². The van der Waals surface area contributed by atoms with Gasteiger partial charge in [-0.1, -0.05) is 24.3 Å². The molecule has 0 aliphatic heterocycles. The Morgan fingerprint density at radius 3 is 1.58 bits per heavy atom. The molecular weight excluding hydrogens is 424 g/mol. The molecule has 4 bridgehead atoms. The van der Waals surface area contributed by atoms with Crippen molar-refractivity contribution in [2.75, 3.05) is 13.2 Å². The number of carboxylic acid groups (broad SMARTS) is 1. The fraction of sp³-hybridized carbons (Fsp3) is 0.692. The molecule has 6 aliphatic rings. The largest absolute Gasteiger partial charge is 0.481 e. The molecule has 0 spiro atoms. The molecular formula is C26H36O7. The van der Waals surface area contributed by atoms with Crippen molar-refractivity contribution in [3.05, 3.63) is 24.3 Å². The molecule has 6 rings (SSSR count). The topological polar surface area (TPSA) is 107 Å². The second kappa shape index (κ2) is 11.1. The van der Waals surface area contributed by atoms with E-state index in [-0.39, 0.29) is 47.3 Å². The van der Waals surface area contributed by atoms with Crippen molar-refractivity contribution >= 4 is 23.7 Å². The number of carbonyl (C=O) groups is 4. The van der Waals surface area contributed by atoms with Crippen molar-refractivity contribution in [2.45, 2.75) is 52.9 Å². The number of ketones is 1. The van der Waals surface area contributed by atoms with Crippen LogP contribution in [0.1, 0.15) is 52.9 Å². The molecule has 0 radical (unpaired) electrons. The zero-order valence-corrected chi connectivity index (χ0v) is 19.8. The minimum absolute atomic E-state index is 0.00286. The highest BCUT2D eigenvalue weighted by Gasteiger charge is 2.49. The zero-order valence-electron chi connectivity index (χ0n) is 19.8. The van der Waals surface area contributed by atoms with Crippen LogP contribution in [0, 0.1) is 47.3 Å². The van der Waals surface area contributed by atoms with Gasteiger partial charge in [-0.05, 0) is 76.0 Å². The monoisotopic (exact) mass is 460 g/mol. The van der Waals surface area contributed by atoms with Crippen LogP contribution < -0.4 is 0 Å². The summed E-state index contributed by atoms with van der Waals surface area (Å²) in [4.78, 5) is 46.4. The van der Waals surface area contributed by atoms with E-state index in [4.69, 9.17) is 9.47 Å². The lowest BCUT2D eigenvalue weighted by Gasteiger charge is -2.43. The molecule has 0 aromatic heterocycles. The minimum atomic E-state index is -0.878. The lowest BCUT2D eigenvalue weighted by atomic mass is 9.61. The van der Waals surface area contributed by atoms with Crippen LogP contribution in [0.3, 0.4) is 0 Å². The molecule has 0 aromatic carbocycles. The van der Waals surface area contributed by atoms with Gasteiger partial charge < -0.3 is 19.4 Å². The van der Waals surface area contributed by atoms with E-state index in [1.807, 2.05) is 19.1 Å². The van der Waals surface area contributed by atoms with Gasteiger partial charge in [-0.25, -0.2) is 0 Å². The van der Waals surface area contributed by atoms with Gasteiger partial charge in [0.15, 0.2) is 0 Å². The number of allylic oxidation sites excluding steroid dienone is 4. The maximum atomic E-state index is 12.0. The van der Waals surface area contributed by atoms with Crippen molar-refractivity contribution in [3.63, 3.8) is 0 Å². The second-order valence-corrected chi connectivity index (χ2v) is 9.57.